The molecule has 0 bridgehead atoms. The smallest absolute Gasteiger partial charge is 0.322 e. The molecule has 2 aromatic rings. The van der Waals surface area contributed by atoms with Crippen LogP contribution in [0.1, 0.15) is 48.8 Å². The standard InChI is InChI=1S/C21H28N6O2/c1-12-8-9-15(10-13(12)2)22-21(29)24-18-11-14(3)26-27(18)20-23-17-7-5-4-6-16(17)19(28)25-20/h8-11,16-17,20,23H,4-7H2,1-3H3,(H,25,28)(H2,22,24,29). The Morgan fingerprint density at radius 2 is 1.90 bits per heavy atom. The fourth-order valence-corrected chi connectivity index (χ4v) is 4.17. The monoisotopic (exact) mass is 396 g/mol. The van der Waals surface area contributed by atoms with Crippen molar-refractivity contribution in [1.29, 1.82) is 0 Å². The lowest BCUT2D eigenvalue weighted by molar-refractivity contribution is -0.132. The minimum atomic E-state index is -0.479. The minimum Gasteiger partial charge on any atom is -0.322 e. The molecule has 1 saturated heterocycles. The van der Waals surface area contributed by atoms with Gasteiger partial charge in [-0.3, -0.25) is 15.4 Å². The topological polar surface area (TPSA) is 100 Å². The Morgan fingerprint density at radius 1 is 1.10 bits per heavy atom. The second kappa shape index (κ2) is 7.87. The lowest BCUT2D eigenvalue weighted by Crippen LogP contribution is -2.59. The predicted molar refractivity (Wildman–Crippen MR) is 112 cm³/mol. The van der Waals surface area contributed by atoms with Crippen molar-refractivity contribution in [2.75, 3.05) is 10.6 Å². The van der Waals surface area contributed by atoms with E-state index in [1.807, 2.05) is 39.0 Å². The van der Waals surface area contributed by atoms with Gasteiger partial charge in [0.25, 0.3) is 0 Å². The van der Waals surface area contributed by atoms with Gasteiger partial charge in [-0.1, -0.05) is 18.9 Å². The van der Waals surface area contributed by atoms with Crippen molar-refractivity contribution >= 4 is 23.4 Å². The molecule has 3 amide bonds. The van der Waals surface area contributed by atoms with E-state index in [4.69, 9.17) is 0 Å². The summed E-state index contributed by atoms with van der Waals surface area (Å²) in [5.74, 6) is 0.592. The average molecular weight is 396 g/mol. The van der Waals surface area contributed by atoms with Gasteiger partial charge in [0.1, 0.15) is 5.82 Å². The van der Waals surface area contributed by atoms with E-state index in [-0.39, 0.29) is 23.9 Å². The SMILES string of the molecule is Cc1cc(NC(=O)Nc2ccc(C)c(C)c2)n(C2NC(=O)C3CCCCC3N2)n1. The summed E-state index contributed by atoms with van der Waals surface area (Å²) in [6.07, 6.45) is 3.62. The third-order valence-corrected chi connectivity index (χ3v) is 5.86. The number of amides is 3. The van der Waals surface area contributed by atoms with Gasteiger partial charge >= 0.3 is 6.03 Å². The van der Waals surface area contributed by atoms with Gasteiger partial charge in [-0.05, 0) is 56.9 Å². The maximum Gasteiger partial charge on any atom is 0.324 e. The van der Waals surface area contributed by atoms with E-state index >= 15 is 0 Å². The summed E-state index contributed by atoms with van der Waals surface area (Å²) in [6.45, 7) is 5.90. The van der Waals surface area contributed by atoms with E-state index in [1.165, 1.54) is 5.56 Å². The highest BCUT2D eigenvalue weighted by Crippen LogP contribution is 2.29. The van der Waals surface area contributed by atoms with Crippen molar-refractivity contribution in [3.8, 4) is 0 Å². The Balaban J connectivity index is 1.48. The number of rotatable bonds is 3. The van der Waals surface area contributed by atoms with Gasteiger partial charge in [0.05, 0.1) is 11.6 Å². The van der Waals surface area contributed by atoms with E-state index in [0.717, 1.165) is 42.6 Å². The second-order valence-electron chi connectivity index (χ2n) is 8.07. The summed E-state index contributed by atoms with van der Waals surface area (Å²) in [5, 5.41) is 16.7. The van der Waals surface area contributed by atoms with E-state index in [9.17, 15) is 9.59 Å². The second-order valence-corrected chi connectivity index (χ2v) is 8.07. The number of hydrogen-bond donors (Lipinski definition) is 4. The quantitative estimate of drug-likeness (QED) is 0.640. The lowest BCUT2D eigenvalue weighted by Gasteiger charge is -2.40. The first-order valence-corrected chi connectivity index (χ1v) is 10.2. The number of nitrogens with one attached hydrogen (secondary N) is 4. The molecule has 0 spiro atoms. The largest absolute Gasteiger partial charge is 0.324 e. The molecule has 1 aliphatic carbocycles. The number of aromatic nitrogens is 2. The summed E-state index contributed by atoms with van der Waals surface area (Å²) in [6, 6.07) is 7.36. The summed E-state index contributed by atoms with van der Waals surface area (Å²) >= 11 is 0. The van der Waals surface area contributed by atoms with Gasteiger partial charge in [-0.2, -0.15) is 5.10 Å². The summed E-state index contributed by atoms with van der Waals surface area (Å²) in [5.41, 5.74) is 3.76. The Morgan fingerprint density at radius 3 is 2.69 bits per heavy atom. The molecule has 4 N–H and O–H groups in total. The Kier molecular flexibility index (Phi) is 5.27. The molecule has 1 aliphatic heterocycles. The zero-order chi connectivity index (χ0) is 20.5. The molecule has 8 heteroatoms. The van der Waals surface area contributed by atoms with E-state index < -0.39 is 6.29 Å². The van der Waals surface area contributed by atoms with Gasteiger partial charge in [0, 0.05) is 17.8 Å². The number of benzene rings is 1. The van der Waals surface area contributed by atoms with Crippen LogP contribution in [-0.4, -0.2) is 27.8 Å². The molecular formula is C21H28N6O2. The number of hydrogen-bond acceptors (Lipinski definition) is 4. The third-order valence-electron chi connectivity index (χ3n) is 5.86. The maximum absolute atomic E-state index is 12.6. The lowest BCUT2D eigenvalue weighted by atomic mass is 9.83. The van der Waals surface area contributed by atoms with Gasteiger partial charge in [0.2, 0.25) is 5.91 Å². The van der Waals surface area contributed by atoms with E-state index in [2.05, 4.69) is 26.4 Å². The molecule has 2 aliphatic rings. The normalized spacial score (nSPS) is 23.8. The zero-order valence-electron chi connectivity index (χ0n) is 17.1. The molecule has 2 fully saturated rings. The fourth-order valence-electron chi connectivity index (χ4n) is 4.17. The van der Waals surface area contributed by atoms with Crippen molar-refractivity contribution in [2.45, 2.75) is 58.8 Å². The van der Waals surface area contributed by atoms with Gasteiger partial charge < -0.3 is 10.6 Å². The van der Waals surface area contributed by atoms with Gasteiger partial charge in [-0.15, -0.1) is 0 Å². The molecule has 1 aromatic heterocycles. The molecule has 1 aromatic carbocycles. The molecule has 4 rings (SSSR count). The number of aryl methyl sites for hydroxylation is 3. The van der Waals surface area contributed by atoms with Crippen molar-refractivity contribution in [3.05, 3.63) is 41.1 Å². The average Bonchev–Trinajstić information content (AvgIpc) is 3.04. The van der Waals surface area contributed by atoms with Crippen molar-refractivity contribution in [1.82, 2.24) is 20.4 Å². The first-order chi connectivity index (χ1) is 13.9. The van der Waals surface area contributed by atoms with Crippen LogP contribution in [-0.2, 0) is 4.79 Å². The van der Waals surface area contributed by atoms with Crippen molar-refractivity contribution in [2.24, 2.45) is 5.92 Å². The molecule has 3 unspecified atom stereocenters. The Bertz CT molecular complexity index is 937. The van der Waals surface area contributed by atoms with E-state index in [1.54, 1.807) is 10.7 Å². The fraction of sp³-hybridized carbons (Fsp3) is 0.476. The number of nitrogens with zero attached hydrogens (tertiary/aromatic N) is 2. The summed E-state index contributed by atoms with van der Waals surface area (Å²) < 4.78 is 1.64. The number of urea groups is 1. The molecule has 1 saturated carbocycles. The van der Waals surface area contributed by atoms with Crippen LogP contribution < -0.4 is 21.3 Å². The maximum atomic E-state index is 12.6. The van der Waals surface area contributed by atoms with Crippen LogP contribution in [0.2, 0.25) is 0 Å². The highest BCUT2D eigenvalue weighted by Gasteiger charge is 2.38. The highest BCUT2D eigenvalue weighted by molar-refractivity contribution is 5.99. The molecular weight excluding hydrogens is 368 g/mol. The zero-order valence-corrected chi connectivity index (χ0v) is 17.1. The van der Waals surface area contributed by atoms with Crippen LogP contribution in [0, 0.1) is 26.7 Å². The van der Waals surface area contributed by atoms with Crippen molar-refractivity contribution in [3.63, 3.8) is 0 Å². The molecule has 29 heavy (non-hydrogen) atoms. The first-order valence-electron chi connectivity index (χ1n) is 10.2. The number of carbonyl (C=O) groups excluding carboxylic acids is 2. The van der Waals surface area contributed by atoms with Crippen LogP contribution in [0.15, 0.2) is 24.3 Å². The molecule has 2 heterocycles. The summed E-state index contributed by atoms with van der Waals surface area (Å²) in [7, 11) is 0. The number of fused-ring (bicyclic) bond motifs is 1. The molecule has 0 radical (unpaired) electrons. The Hall–Kier alpha value is -2.87. The van der Waals surface area contributed by atoms with Crippen LogP contribution in [0.3, 0.4) is 0 Å². The molecule has 154 valence electrons. The van der Waals surface area contributed by atoms with Crippen LogP contribution >= 0.6 is 0 Å². The third kappa shape index (κ3) is 4.12. The first kappa shape index (κ1) is 19.4. The molecule has 8 nitrogen and oxygen atoms in total. The molecule has 3 atom stereocenters. The number of carbonyl (C=O) groups is 2. The van der Waals surface area contributed by atoms with Gasteiger partial charge in [-0.25, -0.2) is 9.48 Å². The highest BCUT2D eigenvalue weighted by atomic mass is 16.2. The van der Waals surface area contributed by atoms with Gasteiger partial charge in [0.15, 0.2) is 6.29 Å². The van der Waals surface area contributed by atoms with Crippen LogP contribution in [0.5, 0.6) is 0 Å². The minimum absolute atomic E-state index is 0.0149. The predicted octanol–water partition coefficient (Wildman–Crippen LogP) is 3.19. The van der Waals surface area contributed by atoms with Crippen molar-refractivity contribution < 1.29 is 9.59 Å². The van der Waals surface area contributed by atoms with E-state index in [0.29, 0.717) is 5.82 Å². The van der Waals surface area contributed by atoms with Crippen LogP contribution in [0.4, 0.5) is 16.3 Å². The van der Waals surface area contributed by atoms with Crippen LogP contribution in [0.25, 0.3) is 0 Å². The number of anilines is 2. The Labute approximate surface area is 170 Å². The summed E-state index contributed by atoms with van der Waals surface area (Å²) in [4.78, 5) is 25.1.